The van der Waals surface area contributed by atoms with Crippen molar-refractivity contribution in [2.75, 3.05) is 49.7 Å². The molecule has 1 spiro atoms. The van der Waals surface area contributed by atoms with Gasteiger partial charge in [0.05, 0.1) is 39.2 Å². The lowest BCUT2D eigenvalue weighted by Crippen LogP contribution is -2.52. The molecule has 1 aromatic heterocycles. The van der Waals surface area contributed by atoms with Crippen molar-refractivity contribution in [3.63, 3.8) is 0 Å². The van der Waals surface area contributed by atoms with Crippen molar-refractivity contribution in [1.29, 1.82) is 0 Å². The molecule has 4 heterocycles. The number of nitrogens with one attached hydrogen (secondary N) is 1. The number of hydrogen-bond acceptors (Lipinski definition) is 8. The first-order valence-electron chi connectivity index (χ1n) is 16.1. The number of aryl methyl sites for hydroxylation is 1. The van der Waals surface area contributed by atoms with Gasteiger partial charge >= 0.3 is 0 Å². The first kappa shape index (κ1) is 32.1. The minimum atomic E-state index is -2.32. The van der Waals surface area contributed by atoms with Gasteiger partial charge in [0.15, 0.2) is 5.60 Å². The molecule has 11 nitrogen and oxygen atoms in total. The second-order valence-electron chi connectivity index (χ2n) is 13.0. The summed E-state index contributed by atoms with van der Waals surface area (Å²) in [5.74, 6) is 0.552. The van der Waals surface area contributed by atoms with Gasteiger partial charge in [0, 0.05) is 62.6 Å². The summed E-state index contributed by atoms with van der Waals surface area (Å²) in [7, 11) is -0.651. The van der Waals surface area contributed by atoms with Crippen LogP contribution in [0.4, 0.5) is 11.4 Å². The van der Waals surface area contributed by atoms with Crippen LogP contribution in [0.3, 0.4) is 0 Å². The van der Waals surface area contributed by atoms with Crippen LogP contribution in [0, 0.1) is 5.92 Å². The third-order valence-electron chi connectivity index (χ3n) is 10.1. The molecule has 0 unspecified atom stereocenters. The molecular formula is C34H44N6O5Si. The Morgan fingerprint density at radius 1 is 1.22 bits per heavy atom. The number of rotatable bonds is 11. The number of methoxy groups -OCH3 is 1. The molecule has 0 saturated carbocycles. The van der Waals surface area contributed by atoms with Crippen molar-refractivity contribution >= 4 is 36.4 Å². The van der Waals surface area contributed by atoms with E-state index >= 15 is 0 Å². The molecule has 3 aliphatic rings. The van der Waals surface area contributed by atoms with Gasteiger partial charge in [-0.15, -0.1) is 11.7 Å². The SMILES string of the molecule is C=CCN1C(=O)[C@@]2(O[C@@H](CCn3cc(CCO)nn3)[C@H]([Si](C)(C)c3ccc(OC)cc3)[C@H]2C)c2cc(N3CCNCC3=O)ccc21. The van der Waals surface area contributed by atoms with Crippen LogP contribution in [-0.2, 0) is 32.9 Å². The fraction of sp³-hybridized carbons (Fsp3) is 0.471. The van der Waals surface area contributed by atoms with Crippen LogP contribution in [0.1, 0.15) is 24.6 Å². The number of amides is 2. The summed E-state index contributed by atoms with van der Waals surface area (Å²) in [6.45, 7) is 13.3. The van der Waals surface area contributed by atoms with Crippen LogP contribution < -0.4 is 25.0 Å². The Labute approximate surface area is 271 Å². The van der Waals surface area contributed by atoms with E-state index in [0.717, 1.165) is 28.4 Å². The minimum absolute atomic E-state index is 0.00473. The van der Waals surface area contributed by atoms with E-state index in [9.17, 15) is 14.7 Å². The van der Waals surface area contributed by atoms with Crippen molar-refractivity contribution in [2.24, 2.45) is 5.92 Å². The fourth-order valence-electron chi connectivity index (χ4n) is 7.87. The molecule has 2 saturated heterocycles. The molecule has 0 aliphatic carbocycles. The largest absolute Gasteiger partial charge is 0.497 e. The average molecular weight is 645 g/mol. The highest BCUT2D eigenvalue weighted by Crippen LogP contribution is 2.60. The van der Waals surface area contributed by atoms with Gasteiger partial charge in [-0.1, -0.05) is 48.6 Å². The highest BCUT2D eigenvalue weighted by Gasteiger charge is 2.66. The number of aromatic nitrogens is 3. The van der Waals surface area contributed by atoms with Crippen LogP contribution >= 0.6 is 0 Å². The van der Waals surface area contributed by atoms with Crippen molar-refractivity contribution in [1.82, 2.24) is 20.3 Å². The van der Waals surface area contributed by atoms with Crippen molar-refractivity contribution in [3.05, 3.63) is 72.6 Å². The van der Waals surface area contributed by atoms with Crippen LogP contribution in [-0.4, -0.2) is 86.0 Å². The Balaban J connectivity index is 1.44. The summed E-state index contributed by atoms with van der Waals surface area (Å²) in [6.07, 6.45) is 4.43. The van der Waals surface area contributed by atoms with E-state index in [-0.39, 0.29) is 42.5 Å². The molecule has 3 aliphatic heterocycles. The van der Waals surface area contributed by atoms with Gasteiger partial charge in [-0.3, -0.25) is 14.3 Å². The minimum Gasteiger partial charge on any atom is -0.497 e. The lowest BCUT2D eigenvalue weighted by atomic mass is 9.82. The number of ether oxygens (including phenoxy) is 2. The monoisotopic (exact) mass is 644 g/mol. The maximum absolute atomic E-state index is 14.7. The lowest BCUT2D eigenvalue weighted by Gasteiger charge is -2.37. The van der Waals surface area contributed by atoms with Crippen LogP contribution in [0.25, 0.3) is 0 Å². The number of carbonyl (C=O) groups excluding carboxylic acids is 2. The zero-order valence-corrected chi connectivity index (χ0v) is 28.1. The highest BCUT2D eigenvalue weighted by molar-refractivity contribution is 6.91. The van der Waals surface area contributed by atoms with E-state index in [1.165, 1.54) is 5.19 Å². The van der Waals surface area contributed by atoms with Gasteiger partial charge in [-0.05, 0) is 42.3 Å². The molecule has 244 valence electrons. The second-order valence-corrected chi connectivity index (χ2v) is 17.7. The predicted octanol–water partition coefficient (Wildman–Crippen LogP) is 2.60. The number of fused-ring (bicyclic) bond motifs is 2. The molecule has 2 amide bonds. The normalized spacial score (nSPS) is 24.6. The number of nitrogens with zero attached hydrogens (tertiary/aromatic N) is 5. The molecule has 2 N–H and O–H groups in total. The number of hydrogen-bond donors (Lipinski definition) is 2. The average Bonchev–Trinajstić information content (AvgIpc) is 3.70. The van der Waals surface area contributed by atoms with Crippen LogP contribution in [0.2, 0.25) is 18.6 Å². The topological polar surface area (TPSA) is 122 Å². The van der Waals surface area contributed by atoms with Gasteiger partial charge in [0.2, 0.25) is 5.91 Å². The quantitative estimate of drug-likeness (QED) is 0.242. The standard InChI is InChI=1S/C34H44N6O5Si/c1-6-16-40-29-12-7-25(39-18-15-35-21-31(39)42)20-28(29)34(33(40)43)23(2)32(46(4,5)27-10-8-26(44-3)9-11-27)30(45-34)13-17-38-22-24(14-19-41)36-37-38/h6-12,20,22-23,30,32,35,41H,1,13-19,21H2,2-5H3/t23-,30+,32-,34+/m1/s1. The Morgan fingerprint density at radius 2 is 2.00 bits per heavy atom. The summed E-state index contributed by atoms with van der Waals surface area (Å²) in [5, 5.41) is 22.3. The van der Waals surface area contributed by atoms with E-state index < -0.39 is 13.7 Å². The number of benzene rings is 2. The first-order valence-corrected chi connectivity index (χ1v) is 19.1. The van der Waals surface area contributed by atoms with E-state index in [4.69, 9.17) is 9.47 Å². The lowest BCUT2D eigenvalue weighted by molar-refractivity contribution is -0.145. The highest BCUT2D eigenvalue weighted by atomic mass is 28.3. The molecule has 6 rings (SSSR count). The molecular weight excluding hydrogens is 600 g/mol. The maximum Gasteiger partial charge on any atom is 0.264 e. The van der Waals surface area contributed by atoms with Gasteiger partial charge < -0.3 is 29.7 Å². The van der Waals surface area contributed by atoms with E-state index in [1.807, 2.05) is 36.5 Å². The van der Waals surface area contributed by atoms with Crippen LogP contribution in [0.15, 0.2) is 61.3 Å². The van der Waals surface area contributed by atoms with Gasteiger partial charge in [0.25, 0.3) is 5.91 Å². The number of aliphatic hydroxyl groups is 1. The Morgan fingerprint density at radius 3 is 2.70 bits per heavy atom. The zero-order valence-electron chi connectivity index (χ0n) is 27.1. The fourth-order valence-corrected chi connectivity index (χ4v) is 11.9. The van der Waals surface area contributed by atoms with E-state index in [2.05, 4.69) is 54.4 Å². The van der Waals surface area contributed by atoms with Gasteiger partial charge in [0.1, 0.15) is 5.75 Å². The number of anilines is 2. The smallest absolute Gasteiger partial charge is 0.264 e. The first-order chi connectivity index (χ1) is 22.1. The zero-order chi connectivity index (χ0) is 32.6. The third kappa shape index (κ3) is 5.36. The summed E-state index contributed by atoms with van der Waals surface area (Å²) in [4.78, 5) is 31.2. The molecule has 12 heteroatoms. The third-order valence-corrected chi connectivity index (χ3v) is 14.5. The Kier molecular flexibility index (Phi) is 8.90. The summed E-state index contributed by atoms with van der Waals surface area (Å²) < 4.78 is 14.5. The van der Waals surface area contributed by atoms with Crippen LogP contribution in [0.5, 0.6) is 5.75 Å². The molecule has 0 bridgehead atoms. The Hall–Kier alpha value is -3.84. The molecule has 0 radical (unpaired) electrons. The van der Waals surface area contributed by atoms with Crippen molar-refractivity contribution in [2.45, 2.75) is 56.7 Å². The predicted molar refractivity (Wildman–Crippen MR) is 179 cm³/mol. The number of carbonyl (C=O) groups is 2. The summed E-state index contributed by atoms with van der Waals surface area (Å²) in [5.41, 5.74) is 1.97. The Bertz CT molecular complexity index is 1610. The molecule has 2 aromatic carbocycles. The maximum atomic E-state index is 14.7. The van der Waals surface area contributed by atoms with E-state index in [1.54, 1.807) is 27.7 Å². The van der Waals surface area contributed by atoms with Crippen molar-refractivity contribution in [3.8, 4) is 5.75 Å². The molecule has 3 aromatic rings. The van der Waals surface area contributed by atoms with Gasteiger partial charge in [-0.25, -0.2) is 0 Å². The summed E-state index contributed by atoms with van der Waals surface area (Å²) in [6, 6.07) is 14.2. The number of aliphatic hydroxyl groups excluding tert-OH is 1. The number of piperazine rings is 1. The van der Waals surface area contributed by atoms with Gasteiger partial charge in [-0.2, -0.15) is 0 Å². The molecule has 2 fully saturated rings. The molecule has 4 atom stereocenters. The second kappa shape index (κ2) is 12.7. The van der Waals surface area contributed by atoms with Crippen molar-refractivity contribution < 1.29 is 24.2 Å². The summed E-state index contributed by atoms with van der Waals surface area (Å²) >= 11 is 0. The molecule has 46 heavy (non-hydrogen) atoms. The van der Waals surface area contributed by atoms with E-state index in [0.29, 0.717) is 39.0 Å².